The van der Waals surface area contributed by atoms with Crippen LogP contribution in [0.4, 0.5) is 4.79 Å². The lowest BCUT2D eigenvalue weighted by Crippen LogP contribution is -2.49. The number of piperidine rings is 1. The molecule has 0 aromatic carbocycles. The molecule has 3 rings (SSSR count). The van der Waals surface area contributed by atoms with Crippen molar-refractivity contribution in [3.63, 3.8) is 0 Å². The molecule has 1 aromatic heterocycles. The number of carbonyl (C=O) groups is 2. The summed E-state index contributed by atoms with van der Waals surface area (Å²) < 4.78 is 9.92. The van der Waals surface area contributed by atoms with E-state index in [1.807, 2.05) is 12.3 Å². The Morgan fingerprint density at radius 1 is 1.31 bits per heavy atom. The largest absolute Gasteiger partial charge is 0.466 e. The zero-order valence-corrected chi connectivity index (χ0v) is 18.9. The van der Waals surface area contributed by atoms with Crippen molar-refractivity contribution in [1.29, 1.82) is 0 Å². The number of hydrogen-bond acceptors (Lipinski definition) is 7. The van der Waals surface area contributed by atoms with E-state index in [0.717, 1.165) is 38.9 Å². The quantitative estimate of drug-likeness (QED) is 0.421. The van der Waals surface area contributed by atoms with Crippen molar-refractivity contribution in [1.82, 2.24) is 25.4 Å². The Morgan fingerprint density at radius 2 is 2.09 bits per heavy atom. The standard InChI is InChI=1S/C23H33N5O4/c1-17(28-15-19(22(29)32-3)21(16-31-2)26-23(28)30)24-11-6-12-27-13-8-18(9-14-27)20-7-4-5-10-25-20/h4-5,7,10,18,24H,1,6,8-9,11-16H2,2-3H3,(H,26,30). The van der Waals surface area contributed by atoms with Gasteiger partial charge in [0.25, 0.3) is 0 Å². The number of urea groups is 1. The molecule has 0 radical (unpaired) electrons. The second-order valence-electron chi connectivity index (χ2n) is 8.00. The minimum atomic E-state index is -0.496. The van der Waals surface area contributed by atoms with E-state index in [-0.39, 0.29) is 19.2 Å². The highest BCUT2D eigenvalue weighted by atomic mass is 16.5. The number of likely N-dealkylation sites (tertiary alicyclic amines) is 1. The molecule has 32 heavy (non-hydrogen) atoms. The predicted molar refractivity (Wildman–Crippen MR) is 121 cm³/mol. The number of rotatable bonds is 10. The van der Waals surface area contributed by atoms with Crippen molar-refractivity contribution in [3.05, 3.63) is 53.8 Å². The van der Waals surface area contributed by atoms with Crippen LogP contribution in [0.5, 0.6) is 0 Å². The first-order valence-corrected chi connectivity index (χ1v) is 11.0. The van der Waals surface area contributed by atoms with Gasteiger partial charge in [0.05, 0.1) is 31.5 Å². The summed E-state index contributed by atoms with van der Waals surface area (Å²) in [6.45, 7) is 7.98. The Morgan fingerprint density at radius 3 is 2.75 bits per heavy atom. The van der Waals surface area contributed by atoms with Gasteiger partial charge in [-0.25, -0.2) is 9.59 Å². The summed E-state index contributed by atoms with van der Waals surface area (Å²) in [5, 5.41) is 5.91. The Labute approximate surface area is 189 Å². The van der Waals surface area contributed by atoms with Crippen LogP contribution in [0.2, 0.25) is 0 Å². The number of hydrogen-bond donors (Lipinski definition) is 2. The lowest BCUT2D eigenvalue weighted by atomic mass is 9.93. The SMILES string of the molecule is C=C(NCCCN1CCC(c2ccccn2)CC1)N1CC(C(=O)OC)=C(COC)NC1=O. The minimum absolute atomic E-state index is 0.0874. The van der Waals surface area contributed by atoms with Crippen molar-refractivity contribution < 1.29 is 19.1 Å². The van der Waals surface area contributed by atoms with Gasteiger partial charge in [0, 0.05) is 31.5 Å². The van der Waals surface area contributed by atoms with Gasteiger partial charge in [-0.3, -0.25) is 9.88 Å². The van der Waals surface area contributed by atoms with Gasteiger partial charge >= 0.3 is 12.0 Å². The molecule has 1 saturated heterocycles. The molecule has 2 aliphatic heterocycles. The summed E-state index contributed by atoms with van der Waals surface area (Å²) in [6.07, 6.45) is 5.04. The fourth-order valence-electron chi connectivity index (χ4n) is 4.09. The van der Waals surface area contributed by atoms with Gasteiger partial charge in [0.1, 0.15) is 5.82 Å². The van der Waals surface area contributed by atoms with E-state index in [4.69, 9.17) is 9.47 Å². The third-order valence-electron chi connectivity index (χ3n) is 5.90. The van der Waals surface area contributed by atoms with Crippen LogP contribution in [0.3, 0.4) is 0 Å². The Balaban J connectivity index is 1.41. The molecular formula is C23H33N5O4. The zero-order chi connectivity index (χ0) is 22.9. The molecule has 3 heterocycles. The predicted octanol–water partition coefficient (Wildman–Crippen LogP) is 1.81. The lowest BCUT2D eigenvalue weighted by molar-refractivity contribution is -0.136. The summed E-state index contributed by atoms with van der Waals surface area (Å²) >= 11 is 0. The first-order chi connectivity index (χ1) is 15.5. The monoisotopic (exact) mass is 443 g/mol. The van der Waals surface area contributed by atoms with Crippen LogP contribution in [0.25, 0.3) is 0 Å². The molecule has 2 aliphatic rings. The molecule has 9 heteroatoms. The molecule has 1 fully saturated rings. The Kier molecular flexibility index (Phi) is 8.64. The van der Waals surface area contributed by atoms with E-state index in [2.05, 4.69) is 39.2 Å². The van der Waals surface area contributed by atoms with Crippen molar-refractivity contribution >= 4 is 12.0 Å². The zero-order valence-electron chi connectivity index (χ0n) is 18.9. The van der Waals surface area contributed by atoms with Crippen LogP contribution in [0.1, 0.15) is 30.9 Å². The molecular weight excluding hydrogens is 410 g/mol. The number of methoxy groups -OCH3 is 2. The number of nitrogens with one attached hydrogen (secondary N) is 2. The average Bonchev–Trinajstić information content (AvgIpc) is 2.82. The van der Waals surface area contributed by atoms with Crippen molar-refractivity contribution in [3.8, 4) is 0 Å². The second kappa shape index (κ2) is 11.6. The van der Waals surface area contributed by atoms with Crippen LogP contribution < -0.4 is 10.6 Å². The van der Waals surface area contributed by atoms with Crippen molar-refractivity contribution in [2.75, 3.05) is 53.6 Å². The number of amides is 2. The van der Waals surface area contributed by atoms with E-state index < -0.39 is 5.97 Å². The summed E-state index contributed by atoms with van der Waals surface area (Å²) in [4.78, 5) is 32.9. The van der Waals surface area contributed by atoms with Crippen LogP contribution in [-0.4, -0.2) is 80.3 Å². The molecule has 1 aromatic rings. The van der Waals surface area contributed by atoms with Gasteiger partial charge in [0.2, 0.25) is 0 Å². The molecule has 0 atom stereocenters. The molecule has 0 unspecified atom stereocenters. The maximum Gasteiger partial charge on any atom is 0.337 e. The van der Waals surface area contributed by atoms with Gasteiger partial charge in [-0.1, -0.05) is 12.6 Å². The van der Waals surface area contributed by atoms with Crippen LogP contribution >= 0.6 is 0 Å². The van der Waals surface area contributed by atoms with Crippen molar-refractivity contribution in [2.24, 2.45) is 0 Å². The Hall–Kier alpha value is -2.91. The fourth-order valence-corrected chi connectivity index (χ4v) is 4.09. The normalized spacial score (nSPS) is 17.8. The first-order valence-electron chi connectivity index (χ1n) is 11.0. The highest BCUT2D eigenvalue weighted by Gasteiger charge is 2.30. The number of carbonyl (C=O) groups excluding carboxylic acids is 2. The van der Waals surface area contributed by atoms with Crippen LogP contribution in [-0.2, 0) is 14.3 Å². The number of pyridine rings is 1. The maximum absolute atomic E-state index is 12.5. The maximum atomic E-state index is 12.5. The van der Waals surface area contributed by atoms with E-state index in [1.54, 1.807) is 0 Å². The second-order valence-corrected chi connectivity index (χ2v) is 8.00. The molecule has 0 spiro atoms. The summed E-state index contributed by atoms with van der Waals surface area (Å²) in [7, 11) is 2.81. The van der Waals surface area contributed by atoms with E-state index in [1.165, 1.54) is 24.8 Å². The van der Waals surface area contributed by atoms with Crippen LogP contribution in [0, 0.1) is 0 Å². The van der Waals surface area contributed by atoms with E-state index >= 15 is 0 Å². The average molecular weight is 444 g/mol. The molecule has 0 aliphatic carbocycles. The topological polar surface area (TPSA) is 96.0 Å². The molecule has 2 N–H and O–H groups in total. The smallest absolute Gasteiger partial charge is 0.337 e. The third kappa shape index (κ3) is 6.08. The van der Waals surface area contributed by atoms with Gasteiger partial charge in [-0.05, 0) is 51.0 Å². The van der Waals surface area contributed by atoms with E-state index in [0.29, 0.717) is 29.6 Å². The molecule has 0 bridgehead atoms. The molecule has 9 nitrogen and oxygen atoms in total. The van der Waals surface area contributed by atoms with Gasteiger partial charge < -0.3 is 25.0 Å². The fraction of sp³-hybridized carbons (Fsp3) is 0.522. The Bertz CT molecular complexity index is 834. The van der Waals surface area contributed by atoms with Crippen LogP contribution in [0.15, 0.2) is 48.1 Å². The highest BCUT2D eigenvalue weighted by Crippen LogP contribution is 2.26. The van der Waals surface area contributed by atoms with Crippen molar-refractivity contribution in [2.45, 2.75) is 25.2 Å². The summed E-state index contributed by atoms with van der Waals surface area (Å²) in [5.74, 6) is 0.501. The van der Waals surface area contributed by atoms with Gasteiger partial charge in [0.15, 0.2) is 0 Å². The summed E-state index contributed by atoms with van der Waals surface area (Å²) in [6, 6.07) is 5.78. The summed E-state index contributed by atoms with van der Waals surface area (Å²) in [5.41, 5.74) is 1.97. The molecule has 0 saturated carbocycles. The van der Waals surface area contributed by atoms with Gasteiger partial charge in [-0.2, -0.15) is 0 Å². The number of aromatic nitrogens is 1. The lowest BCUT2D eigenvalue weighted by Gasteiger charge is -2.33. The first kappa shape index (κ1) is 23.7. The number of nitrogens with zero attached hydrogens (tertiary/aromatic N) is 3. The number of esters is 1. The van der Waals surface area contributed by atoms with Gasteiger partial charge in [-0.15, -0.1) is 0 Å². The minimum Gasteiger partial charge on any atom is -0.466 e. The molecule has 174 valence electrons. The molecule has 2 amide bonds. The third-order valence-corrected chi connectivity index (χ3v) is 5.90. The highest BCUT2D eigenvalue weighted by molar-refractivity contribution is 5.94. The number of ether oxygens (including phenoxy) is 2. The van der Waals surface area contributed by atoms with E-state index in [9.17, 15) is 9.59 Å².